The van der Waals surface area contributed by atoms with Crippen molar-refractivity contribution in [3.8, 4) is 5.69 Å². The van der Waals surface area contributed by atoms with Crippen LogP contribution in [-0.2, 0) is 17.8 Å². The lowest BCUT2D eigenvalue weighted by Crippen LogP contribution is -2.38. The molecule has 5 rings (SSSR count). The van der Waals surface area contributed by atoms with E-state index in [2.05, 4.69) is 86.2 Å². The highest BCUT2D eigenvalue weighted by Crippen LogP contribution is 2.26. The Labute approximate surface area is 208 Å². The van der Waals surface area contributed by atoms with E-state index in [4.69, 9.17) is 4.98 Å². The normalized spacial score (nSPS) is 15.0. The Morgan fingerprint density at radius 3 is 2.47 bits per heavy atom. The summed E-state index contributed by atoms with van der Waals surface area (Å²) in [5.74, 6) is 1.22. The van der Waals surface area contributed by atoms with E-state index in [1.54, 1.807) is 0 Å². The summed E-state index contributed by atoms with van der Waals surface area (Å²) in [6, 6.07) is 24.7. The van der Waals surface area contributed by atoms with E-state index < -0.39 is 0 Å². The average molecular weight is 517 g/mol. The number of halogens is 1. The zero-order valence-corrected chi connectivity index (χ0v) is 21.0. The van der Waals surface area contributed by atoms with E-state index in [0.717, 1.165) is 71.6 Å². The predicted molar refractivity (Wildman–Crippen MR) is 141 cm³/mol. The van der Waals surface area contributed by atoms with E-state index in [1.165, 1.54) is 5.56 Å². The van der Waals surface area contributed by atoms with Gasteiger partial charge in [-0.25, -0.2) is 4.98 Å². The largest absolute Gasteiger partial charge is 0.326 e. The minimum atomic E-state index is 0.0476. The second-order valence-corrected chi connectivity index (χ2v) is 9.79. The Bertz CT molecular complexity index is 1290. The number of benzene rings is 3. The van der Waals surface area contributed by atoms with Crippen LogP contribution in [-0.4, -0.2) is 33.4 Å². The topological polar surface area (TPSA) is 50.2 Å². The van der Waals surface area contributed by atoms with Crippen molar-refractivity contribution >= 4 is 38.6 Å². The number of hydrogen-bond donors (Lipinski definition) is 1. The van der Waals surface area contributed by atoms with Gasteiger partial charge in [-0.3, -0.25) is 14.3 Å². The van der Waals surface area contributed by atoms with Crippen LogP contribution in [0.4, 0.5) is 5.69 Å². The molecule has 0 bridgehead atoms. The van der Waals surface area contributed by atoms with Crippen LogP contribution in [0.25, 0.3) is 16.7 Å². The molecule has 0 aliphatic carbocycles. The standard InChI is InChI=1S/C28H29BrN4O/c1-2-20-7-3-4-8-24(20)31-28(34)21-15-17-32(18-16-21)19-27-30-25-9-5-6-10-26(25)33(27)23-13-11-22(29)12-14-23/h3-14,21H,2,15-19H2,1H3,(H,31,34). The third-order valence-corrected chi connectivity index (χ3v) is 7.22. The smallest absolute Gasteiger partial charge is 0.227 e. The first kappa shape index (κ1) is 22.8. The van der Waals surface area contributed by atoms with E-state index in [9.17, 15) is 4.79 Å². The minimum absolute atomic E-state index is 0.0476. The van der Waals surface area contributed by atoms with Crippen LogP contribution >= 0.6 is 15.9 Å². The van der Waals surface area contributed by atoms with Crippen LogP contribution in [0.1, 0.15) is 31.2 Å². The Kier molecular flexibility index (Phi) is 6.79. The van der Waals surface area contributed by atoms with Gasteiger partial charge in [0.1, 0.15) is 5.82 Å². The van der Waals surface area contributed by atoms with Crippen molar-refractivity contribution in [2.45, 2.75) is 32.7 Å². The average Bonchev–Trinajstić information content (AvgIpc) is 3.23. The summed E-state index contributed by atoms with van der Waals surface area (Å²) in [5.41, 5.74) is 5.35. The molecule has 0 saturated carbocycles. The molecule has 1 aliphatic heterocycles. The molecule has 1 aliphatic rings. The first-order chi connectivity index (χ1) is 16.6. The molecule has 34 heavy (non-hydrogen) atoms. The van der Waals surface area contributed by atoms with Crippen molar-refractivity contribution in [3.05, 3.63) is 88.7 Å². The van der Waals surface area contributed by atoms with Crippen molar-refractivity contribution in [1.29, 1.82) is 0 Å². The monoisotopic (exact) mass is 516 g/mol. The number of likely N-dealkylation sites (tertiary alicyclic amines) is 1. The number of nitrogens with one attached hydrogen (secondary N) is 1. The number of rotatable bonds is 6. The lowest BCUT2D eigenvalue weighted by molar-refractivity contribution is -0.121. The molecular formula is C28H29BrN4O. The van der Waals surface area contributed by atoms with E-state index in [-0.39, 0.29) is 11.8 Å². The number of carbonyl (C=O) groups excluding carboxylic acids is 1. The molecule has 0 atom stereocenters. The molecule has 5 nitrogen and oxygen atoms in total. The van der Waals surface area contributed by atoms with Gasteiger partial charge in [0, 0.05) is 21.8 Å². The van der Waals surface area contributed by atoms with Crippen molar-refractivity contribution < 1.29 is 4.79 Å². The summed E-state index contributed by atoms with van der Waals surface area (Å²) >= 11 is 3.54. The van der Waals surface area contributed by atoms with Crippen molar-refractivity contribution in [2.24, 2.45) is 5.92 Å². The van der Waals surface area contributed by atoms with Gasteiger partial charge in [-0.15, -0.1) is 0 Å². The number of amides is 1. The third kappa shape index (κ3) is 4.79. The molecule has 1 aromatic heterocycles. The summed E-state index contributed by atoms with van der Waals surface area (Å²) in [7, 11) is 0. The maximum absolute atomic E-state index is 12.9. The molecule has 6 heteroatoms. The number of carbonyl (C=O) groups is 1. The van der Waals surface area contributed by atoms with Crippen molar-refractivity contribution in [3.63, 3.8) is 0 Å². The maximum Gasteiger partial charge on any atom is 0.227 e. The molecule has 1 fully saturated rings. The molecule has 1 amide bonds. The fraction of sp³-hybridized carbons (Fsp3) is 0.286. The molecule has 174 valence electrons. The number of para-hydroxylation sites is 3. The highest BCUT2D eigenvalue weighted by Gasteiger charge is 2.26. The highest BCUT2D eigenvalue weighted by atomic mass is 79.9. The lowest BCUT2D eigenvalue weighted by Gasteiger charge is -2.31. The van der Waals surface area contributed by atoms with Gasteiger partial charge in [-0.05, 0) is 80.4 Å². The Hall–Kier alpha value is -2.96. The first-order valence-electron chi connectivity index (χ1n) is 12.0. The van der Waals surface area contributed by atoms with Gasteiger partial charge in [-0.1, -0.05) is 53.2 Å². The maximum atomic E-state index is 12.9. The van der Waals surface area contributed by atoms with Crippen LogP contribution in [0, 0.1) is 5.92 Å². The van der Waals surface area contributed by atoms with Crippen LogP contribution in [0.3, 0.4) is 0 Å². The third-order valence-electron chi connectivity index (χ3n) is 6.69. The SMILES string of the molecule is CCc1ccccc1NC(=O)C1CCN(Cc2nc3ccccc3n2-c2ccc(Br)cc2)CC1. The number of anilines is 1. The van der Waals surface area contributed by atoms with Crippen LogP contribution < -0.4 is 5.32 Å². The fourth-order valence-corrected chi connectivity index (χ4v) is 5.06. The van der Waals surface area contributed by atoms with E-state index in [1.807, 2.05) is 24.3 Å². The fourth-order valence-electron chi connectivity index (χ4n) is 4.80. The summed E-state index contributed by atoms with van der Waals surface area (Å²) in [5, 5.41) is 3.17. The van der Waals surface area contributed by atoms with Gasteiger partial charge in [0.15, 0.2) is 0 Å². The minimum Gasteiger partial charge on any atom is -0.326 e. The second-order valence-electron chi connectivity index (χ2n) is 8.88. The van der Waals surface area contributed by atoms with Gasteiger partial charge >= 0.3 is 0 Å². The van der Waals surface area contributed by atoms with Gasteiger partial charge in [-0.2, -0.15) is 0 Å². The molecule has 1 N–H and O–H groups in total. The Morgan fingerprint density at radius 1 is 1.00 bits per heavy atom. The molecule has 0 unspecified atom stereocenters. The summed E-state index contributed by atoms with van der Waals surface area (Å²) in [4.78, 5) is 20.3. The van der Waals surface area contributed by atoms with E-state index in [0.29, 0.717) is 0 Å². The number of fused-ring (bicyclic) bond motifs is 1. The molecule has 0 spiro atoms. The molecule has 0 radical (unpaired) electrons. The molecule has 1 saturated heterocycles. The molecule has 2 heterocycles. The van der Waals surface area contributed by atoms with Crippen LogP contribution in [0.2, 0.25) is 0 Å². The second kappa shape index (κ2) is 10.1. The van der Waals surface area contributed by atoms with E-state index >= 15 is 0 Å². The van der Waals surface area contributed by atoms with Crippen molar-refractivity contribution in [2.75, 3.05) is 18.4 Å². The number of aromatic nitrogens is 2. The highest BCUT2D eigenvalue weighted by molar-refractivity contribution is 9.10. The Morgan fingerprint density at radius 2 is 1.71 bits per heavy atom. The molecule has 3 aromatic carbocycles. The zero-order chi connectivity index (χ0) is 23.5. The van der Waals surface area contributed by atoms with Crippen LogP contribution in [0.15, 0.2) is 77.3 Å². The van der Waals surface area contributed by atoms with Crippen molar-refractivity contribution in [1.82, 2.24) is 14.5 Å². The lowest BCUT2D eigenvalue weighted by atomic mass is 9.95. The zero-order valence-electron chi connectivity index (χ0n) is 19.4. The molecule has 4 aromatic rings. The van der Waals surface area contributed by atoms with Gasteiger partial charge < -0.3 is 5.32 Å². The predicted octanol–water partition coefficient (Wildman–Crippen LogP) is 6.20. The number of nitrogens with zero attached hydrogens (tertiary/aromatic N) is 3. The first-order valence-corrected chi connectivity index (χ1v) is 12.7. The van der Waals surface area contributed by atoms with Crippen LogP contribution in [0.5, 0.6) is 0 Å². The van der Waals surface area contributed by atoms with Gasteiger partial charge in [0.25, 0.3) is 0 Å². The summed E-state index contributed by atoms with van der Waals surface area (Å²) in [6.45, 7) is 4.65. The summed E-state index contributed by atoms with van der Waals surface area (Å²) < 4.78 is 3.31. The molecular weight excluding hydrogens is 488 g/mol. The van der Waals surface area contributed by atoms with Gasteiger partial charge in [0.05, 0.1) is 17.6 Å². The summed E-state index contributed by atoms with van der Waals surface area (Å²) in [6.07, 6.45) is 2.63. The van der Waals surface area contributed by atoms with Gasteiger partial charge in [0.2, 0.25) is 5.91 Å². The number of hydrogen-bond acceptors (Lipinski definition) is 3. The number of imidazole rings is 1. The Balaban J connectivity index is 1.29. The quantitative estimate of drug-likeness (QED) is 0.331. The number of aryl methyl sites for hydroxylation is 1. The number of piperidine rings is 1.